The summed E-state index contributed by atoms with van der Waals surface area (Å²) in [5, 5.41) is 5.38. The molecule has 3 heterocycles. The highest BCUT2D eigenvalue weighted by molar-refractivity contribution is 6.88. The van der Waals surface area contributed by atoms with Crippen LogP contribution in [0.2, 0.25) is 0 Å². The molecule has 2 aliphatic rings. The number of aryl methyl sites for hydroxylation is 1. The maximum atomic E-state index is 2.63. The van der Waals surface area contributed by atoms with Crippen molar-refractivity contribution in [2.45, 2.75) is 44.9 Å². The van der Waals surface area contributed by atoms with Gasteiger partial charge in [-0.1, -0.05) is 98.3 Å². The number of fused-ring (bicyclic) bond motifs is 8. The molecule has 1 aliphatic heterocycles. The number of hydrogen-bond acceptors (Lipinski definition) is 0. The van der Waals surface area contributed by atoms with Gasteiger partial charge >= 0.3 is 6.85 Å². The fraction of sp³-hybridized carbons (Fsp3) is 0.189. The lowest BCUT2D eigenvalue weighted by Crippen LogP contribution is -2.53. The van der Waals surface area contributed by atoms with Crippen molar-refractivity contribution in [2.75, 3.05) is 0 Å². The molecule has 5 aromatic carbocycles. The van der Waals surface area contributed by atoms with Gasteiger partial charge in [-0.15, -0.1) is 0 Å². The Hall–Kier alpha value is -4.24. The first kappa shape index (κ1) is 22.6. The molecule has 9 rings (SSSR count). The number of nitrogens with zero attached hydrogens (tertiary/aromatic N) is 2. The molecule has 0 atom stereocenters. The van der Waals surface area contributed by atoms with Crippen molar-refractivity contribution < 1.29 is 0 Å². The third-order valence-electron chi connectivity index (χ3n) is 9.97. The quantitative estimate of drug-likeness (QED) is 0.211. The number of para-hydroxylation sites is 4. The molecule has 1 saturated carbocycles. The summed E-state index contributed by atoms with van der Waals surface area (Å²) in [5.74, 6) is 0. The first-order valence-electron chi connectivity index (χ1n) is 14.9. The number of benzene rings is 5. The van der Waals surface area contributed by atoms with E-state index in [1.54, 1.807) is 0 Å². The first-order valence-corrected chi connectivity index (χ1v) is 14.9. The molecule has 0 amide bonds. The van der Waals surface area contributed by atoms with Gasteiger partial charge in [-0.2, -0.15) is 0 Å². The third-order valence-corrected chi connectivity index (χ3v) is 9.97. The molecule has 0 bridgehead atoms. The van der Waals surface area contributed by atoms with Gasteiger partial charge in [0, 0.05) is 38.3 Å². The number of rotatable bonds is 4. The zero-order chi connectivity index (χ0) is 26.6. The molecule has 0 radical (unpaired) electrons. The minimum Gasteiger partial charge on any atom is -0.376 e. The molecule has 0 unspecified atom stereocenters. The minimum absolute atomic E-state index is 0.0922. The van der Waals surface area contributed by atoms with Gasteiger partial charge in [-0.05, 0) is 71.9 Å². The van der Waals surface area contributed by atoms with Crippen molar-refractivity contribution in [2.24, 2.45) is 0 Å². The summed E-state index contributed by atoms with van der Waals surface area (Å²) in [6.45, 7) is 4.68. The van der Waals surface area contributed by atoms with Crippen molar-refractivity contribution in [3.63, 3.8) is 0 Å². The Labute approximate surface area is 234 Å². The van der Waals surface area contributed by atoms with Gasteiger partial charge in [0.05, 0.1) is 11.0 Å². The lowest BCUT2D eigenvalue weighted by atomic mass is 9.48. The summed E-state index contributed by atoms with van der Waals surface area (Å²) in [4.78, 5) is 0. The predicted octanol–water partition coefficient (Wildman–Crippen LogP) is 8.00. The Morgan fingerprint density at radius 1 is 0.675 bits per heavy atom. The van der Waals surface area contributed by atoms with Crippen LogP contribution in [0.1, 0.15) is 43.7 Å². The molecule has 3 heteroatoms. The zero-order valence-electron chi connectivity index (χ0n) is 23.1. The van der Waals surface area contributed by atoms with E-state index >= 15 is 0 Å². The molecule has 0 N–H and O–H groups in total. The van der Waals surface area contributed by atoms with Crippen LogP contribution in [-0.2, 0) is 5.41 Å². The van der Waals surface area contributed by atoms with Crippen molar-refractivity contribution in [3.8, 4) is 5.69 Å². The van der Waals surface area contributed by atoms with E-state index < -0.39 is 0 Å². The van der Waals surface area contributed by atoms with Crippen LogP contribution in [0.5, 0.6) is 0 Å². The van der Waals surface area contributed by atoms with Crippen LogP contribution in [0.15, 0.2) is 103 Å². The maximum absolute atomic E-state index is 2.63. The van der Waals surface area contributed by atoms with Crippen molar-refractivity contribution in [1.82, 2.24) is 9.05 Å². The Morgan fingerprint density at radius 2 is 1.38 bits per heavy atom. The van der Waals surface area contributed by atoms with Crippen LogP contribution >= 0.6 is 0 Å². The normalized spacial score (nSPS) is 15.4. The van der Waals surface area contributed by atoms with E-state index in [9.17, 15) is 0 Å². The molecule has 0 spiro atoms. The highest BCUT2D eigenvalue weighted by Gasteiger charge is 2.43. The van der Waals surface area contributed by atoms with Gasteiger partial charge in [0.25, 0.3) is 0 Å². The van der Waals surface area contributed by atoms with Crippen LogP contribution in [0.3, 0.4) is 0 Å². The van der Waals surface area contributed by atoms with E-state index in [0.29, 0.717) is 5.41 Å². The smallest absolute Gasteiger partial charge is 0.332 e. The molecule has 1 aliphatic carbocycles. The number of hydrogen-bond donors (Lipinski definition) is 0. The van der Waals surface area contributed by atoms with Gasteiger partial charge in [0.15, 0.2) is 0 Å². The van der Waals surface area contributed by atoms with E-state index in [1.165, 1.54) is 97.0 Å². The Bertz CT molecular complexity index is 2160. The van der Waals surface area contributed by atoms with Gasteiger partial charge in [-0.3, -0.25) is 0 Å². The monoisotopic (exact) mass is 514 g/mol. The fourth-order valence-corrected chi connectivity index (χ4v) is 8.07. The summed E-state index contributed by atoms with van der Waals surface area (Å²) >= 11 is 0. The molecule has 192 valence electrons. The standard InChI is InChI=1S/C37H31BN2/c1-3-20-37(21-22-37)25-18-19-27-29-13-9-15-31-36(29)39(34(27)23-25)33-17-7-5-14-30(33)38(31)40-32-16-6-4-11-26(32)28-12-8-10-24(2)35(28)40/h4-19,23H,3,20-22H2,1-2H3. The average molecular weight is 514 g/mol. The van der Waals surface area contributed by atoms with Crippen LogP contribution in [0.4, 0.5) is 0 Å². The average Bonchev–Trinajstić information content (AvgIpc) is 3.60. The largest absolute Gasteiger partial charge is 0.376 e. The summed E-state index contributed by atoms with van der Waals surface area (Å²) in [6.07, 6.45) is 5.18. The highest BCUT2D eigenvalue weighted by atomic mass is 15.0. The molecule has 7 aromatic rings. The summed E-state index contributed by atoms with van der Waals surface area (Å²) in [5.41, 5.74) is 12.6. The zero-order valence-corrected chi connectivity index (χ0v) is 23.1. The van der Waals surface area contributed by atoms with E-state index in [1.807, 2.05) is 0 Å². The van der Waals surface area contributed by atoms with Gasteiger partial charge < -0.3 is 9.05 Å². The molecule has 0 saturated heterocycles. The van der Waals surface area contributed by atoms with E-state index in [2.05, 4.69) is 126 Å². The molecular weight excluding hydrogens is 483 g/mol. The topological polar surface area (TPSA) is 9.86 Å². The van der Waals surface area contributed by atoms with E-state index in [0.717, 1.165) is 0 Å². The van der Waals surface area contributed by atoms with Crippen LogP contribution in [0.25, 0.3) is 49.3 Å². The van der Waals surface area contributed by atoms with Crippen molar-refractivity contribution in [3.05, 3.63) is 114 Å². The Morgan fingerprint density at radius 3 is 2.23 bits per heavy atom. The fourth-order valence-electron chi connectivity index (χ4n) is 8.07. The minimum atomic E-state index is 0.0922. The summed E-state index contributed by atoms with van der Waals surface area (Å²) in [7, 11) is 0. The predicted molar refractivity (Wildman–Crippen MR) is 171 cm³/mol. The number of aromatic nitrogens is 2. The van der Waals surface area contributed by atoms with Crippen molar-refractivity contribution >= 4 is 61.4 Å². The maximum Gasteiger partial charge on any atom is 0.332 e. The van der Waals surface area contributed by atoms with Gasteiger partial charge in [0.1, 0.15) is 0 Å². The summed E-state index contributed by atoms with van der Waals surface area (Å²) < 4.78 is 5.21. The van der Waals surface area contributed by atoms with Gasteiger partial charge in [0.2, 0.25) is 0 Å². The second-order valence-corrected chi connectivity index (χ2v) is 12.2. The lowest BCUT2D eigenvalue weighted by Gasteiger charge is -2.28. The Kier molecular flexibility index (Phi) is 4.47. The van der Waals surface area contributed by atoms with E-state index in [-0.39, 0.29) is 6.85 Å². The highest BCUT2D eigenvalue weighted by Crippen LogP contribution is 2.52. The SMILES string of the molecule is CCCC1(c2ccc3c4cccc5c4n(c3c2)-c2ccccc2B5n2c3ccccc3c3cccc(C)c32)CC1. The molecule has 1 fully saturated rings. The molecule has 40 heavy (non-hydrogen) atoms. The van der Waals surface area contributed by atoms with Crippen LogP contribution < -0.4 is 10.9 Å². The second-order valence-electron chi connectivity index (χ2n) is 12.2. The van der Waals surface area contributed by atoms with Crippen LogP contribution in [0, 0.1) is 6.92 Å². The molecular formula is C37H31BN2. The first-order chi connectivity index (χ1) is 19.7. The van der Waals surface area contributed by atoms with Crippen molar-refractivity contribution in [1.29, 1.82) is 0 Å². The lowest BCUT2D eigenvalue weighted by molar-refractivity contribution is 0.607. The Balaban J connectivity index is 1.42. The second kappa shape index (κ2) is 7.91. The van der Waals surface area contributed by atoms with Crippen LogP contribution in [-0.4, -0.2) is 15.9 Å². The third kappa shape index (κ3) is 2.80. The molecule has 2 aromatic heterocycles. The van der Waals surface area contributed by atoms with E-state index in [4.69, 9.17) is 0 Å². The summed E-state index contributed by atoms with van der Waals surface area (Å²) in [6, 6.07) is 39.2. The molecule has 2 nitrogen and oxygen atoms in total. The van der Waals surface area contributed by atoms with Gasteiger partial charge in [-0.25, -0.2) is 0 Å².